The lowest BCUT2D eigenvalue weighted by Gasteiger charge is -2.35. The number of hydrogen-bond acceptors (Lipinski definition) is 4. The Balaban J connectivity index is 2.09. The van der Waals surface area contributed by atoms with Gasteiger partial charge in [-0.05, 0) is 25.2 Å². The van der Waals surface area contributed by atoms with Crippen LogP contribution in [0.1, 0.15) is 27.2 Å². The van der Waals surface area contributed by atoms with Gasteiger partial charge < -0.3 is 10.2 Å². The molecule has 0 bridgehead atoms. The summed E-state index contributed by atoms with van der Waals surface area (Å²) in [6.45, 7) is 9.78. The third kappa shape index (κ3) is 2.87. The van der Waals surface area contributed by atoms with Crippen LogP contribution in [0.4, 0.5) is 11.6 Å². The zero-order valence-corrected chi connectivity index (χ0v) is 11.0. The summed E-state index contributed by atoms with van der Waals surface area (Å²) in [6.07, 6.45) is 4.89. The Kier molecular flexibility index (Phi) is 3.82. The van der Waals surface area contributed by atoms with Crippen LogP contribution in [-0.2, 0) is 0 Å². The Morgan fingerprint density at radius 3 is 2.88 bits per heavy atom. The fourth-order valence-electron chi connectivity index (χ4n) is 2.25. The third-order valence-electron chi connectivity index (χ3n) is 3.64. The molecule has 0 radical (unpaired) electrons. The Morgan fingerprint density at radius 2 is 2.18 bits per heavy atom. The standard InChI is InChI=1S/C13H22N4/c1-4-15-12-7-14-8-13(16-12)17-6-5-10(2)11(3)9-17/h7-8,10-11H,4-6,9H2,1-3H3,(H,15,16). The fraction of sp³-hybridized carbons (Fsp3) is 0.692. The van der Waals surface area contributed by atoms with E-state index < -0.39 is 0 Å². The predicted octanol–water partition coefficient (Wildman–Crippen LogP) is 2.39. The molecule has 1 N–H and O–H groups in total. The molecule has 1 aromatic heterocycles. The monoisotopic (exact) mass is 234 g/mol. The van der Waals surface area contributed by atoms with Gasteiger partial charge in [-0.2, -0.15) is 0 Å². The first-order valence-electron chi connectivity index (χ1n) is 6.51. The first-order chi connectivity index (χ1) is 8.20. The van der Waals surface area contributed by atoms with E-state index >= 15 is 0 Å². The molecule has 1 saturated heterocycles. The SMILES string of the molecule is CCNc1cncc(N2CCC(C)C(C)C2)n1. The number of nitrogens with zero attached hydrogens (tertiary/aromatic N) is 3. The zero-order chi connectivity index (χ0) is 12.3. The van der Waals surface area contributed by atoms with Gasteiger partial charge in [0.2, 0.25) is 0 Å². The summed E-state index contributed by atoms with van der Waals surface area (Å²) in [5, 5.41) is 3.21. The van der Waals surface area contributed by atoms with E-state index in [1.165, 1.54) is 6.42 Å². The van der Waals surface area contributed by atoms with E-state index in [0.717, 1.165) is 43.1 Å². The summed E-state index contributed by atoms with van der Waals surface area (Å²) in [7, 11) is 0. The summed E-state index contributed by atoms with van der Waals surface area (Å²) in [5.41, 5.74) is 0. The quantitative estimate of drug-likeness (QED) is 0.872. The predicted molar refractivity (Wildman–Crippen MR) is 71.4 cm³/mol. The smallest absolute Gasteiger partial charge is 0.149 e. The van der Waals surface area contributed by atoms with Crippen LogP contribution in [0.25, 0.3) is 0 Å². The molecule has 2 atom stereocenters. The summed E-state index contributed by atoms with van der Waals surface area (Å²) in [5.74, 6) is 3.42. The van der Waals surface area contributed by atoms with Gasteiger partial charge in [0.15, 0.2) is 0 Å². The van der Waals surface area contributed by atoms with E-state index in [1.54, 1.807) is 6.20 Å². The molecule has 0 amide bonds. The topological polar surface area (TPSA) is 41.1 Å². The van der Waals surface area contributed by atoms with Gasteiger partial charge in [0.1, 0.15) is 11.6 Å². The highest BCUT2D eigenvalue weighted by Gasteiger charge is 2.23. The van der Waals surface area contributed by atoms with Crippen LogP contribution in [0.3, 0.4) is 0 Å². The van der Waals surface area contributed by atoms with E-state index in [-0.39, 0.29) is 0 Å². The van der Waals surface area contributed by atoms with Gasteiger partial charge in [-0.3, -0.25) is 4.98 Å². The van der Waals surface area contributed by atoms with Crippen molar-refractivity contribution in [1.82, 2.24) is 9.97 Å². The van der Waals surface area contributed by atoms with E-state index in [9.17, 15) is 0 Å². The van der Waals surface area contributed by atoms with Crippen LogP contribution < -0.4 is 10.2 Å². The third-order valence-corrected chi connectivity index (χ3v) is 3.64. The van der Waals surface area contributed by atoms with Gasteiger partial charge in [0.05, 0.1) is 12.4 Å². The molecule has 4 nitrogen and oxygen atoms in total. The maximum atomic E-state index is 4.60. The lowest BCUT2D eigenvalue weighted by molar-refractivity contribution is 0.322. The molecule has 17 heavy (non-hydrogen) atoms. The van der Waals surface area contributed by atoms with Crippen LogP contribution in [0.15, 0.2) is 12.4 Å². The minimum absolute atomic E-state index is 0.730. The van der Waals surface area contributed by atoms with Crippen molar-refractivity contribution in [2.75, 3.05) is 29.9 Å². The van der Waals surface area contributed by atoms with Crippen molar-refractivity contribution in [3.05, 3.63) is 12.4 Å². The first-order valence-corrected chi connectivity index (χ1v) is 6.51. The van der Waals surface area contributed by atoms with Gasteiger partial charge in [0, 0.05) is 19.6 Å². The van der Waals surface area contributed by atoms with Gasteiger partial charge in [-0.25, -0.2) is 4.98 Å². The van der Waals surface area contributed by atoms with Crippen LogP contribution in [0, 0.1) is 11.8 Å². The maximum absolute atomic E-state index is 4.60. The van der Waals surface area contributed by atoms with Crippen LogP contribution in [0.5, 0.6) is 0 Å². The number of piperidine rings is 1. The molecule has 1 fully saturated rings. The average molecular weight is 234 g/mol. The maximum Gasteiger partial charge on any atom is 0.149 e. The Bertz CT molecular complexity index is 366. The van der Waals surface area contributed by atoms with Crippen molar-refractivity contribution in [2.45, 2.75) is 27.2 Å². The number of aromatic nitrogens is 2. The van der Waals surface area contributed by atoms with Gasteiger partial charge >= 0.3 is 0 Å². The highest BCUT2D eigenvalue weighted by Crippen LogP contribution is 2.25. The highest BCUT2D eigenvalue weighted by molar-refractivity contribution is 5.44. The van der Waals surface area contributed by atoms with Crippen LogP contribution in [-0.4, -0.2) is 29.6 Å². The fourth-order valence-corrected chi connectivity index (χ4v) is 2.25. The van der Waals surface area contributed by atoms with Crippen molar-refractivity contribution in [1.29, 1.82) is 0 Å². The lowest BCUT2D eigenvalue weighted by Crippen LogP contribution is -2.39. The van der Waals surface area contributed by atoms with Crippen LogP contribution in [0.2, 0.25) is 0 Å². The summed E-state index contributed by atoms with van der Waals surface area (Å²) in [6, 6.07) is 0. The molecule has 2 rings (SSSR count). The number of rotatable bonds is 3. The second kappa shape index (κ2) is 5.34. The van der Waals surface area contributed by atoms with E-state index in [0.29, 0.717) is 0 Å². The highest BCUT2D eigenvalue weighted by atomic mass is 15.2. The molecular weight excluding hydrogens is 212 g/mol. The minimum atomic E-state index is 0.730. The van der Waals surface area contributed by atoms with Crippen molar-refractivity contribution in [3.8, 4) is 0 Å². The summed E-state index contributed by atoms with van der Waals surface area (Å²) in [4.78, 5) is 11.2. The molecule has 94 valence electrons. The summed E-state index contributed by atoms with van der Waals surface area (Å²) >= 11 is 0. The number of nitrogens with one attached hydrogen (secondary N) is 1. The molecular formula is C13H22N4. The second-order valence-electron chi connectivity index (χ2n) is 4.98. The number of anilines is 2. The Labute approximate surface area is 103 Å². The summed E-state index contributed by atoms with van der Waals surface area (Å²) < 4.78 is 0. The largest absolute Gasteiger partial charge is 0.369 e. The number of hydrogen-bond donors (Lipinski definition) is 1. The first kappa shape index (κ1) is 12.1. The van der Waals surface area contributed by atoms with E-state index in [2.05, 4.69) is 41.0 Å². The van der Waals surface area contributed by atoms with Crippen molar-refractivity contribution in [3.63, 3.8) is 0 Å². The molecule has 2 heterocycles. The second-order valence-corrected chi connectivity index (χ2v) is 4.98. The lowest BCUT2D eigenvalue weighted by atomic mass is 9.89. The Hall–Kier alpha value is -1.32. The molecule has 0 spiro atoms. The van der Waals surface area contributed by atoms with E-state index in [4.69, 9.17) is 0 Å². The van der Waals surface area contributed by atoms with E-state index in [1.807, 2.05) is 6.20 Å². The molecule has 0 aromatic carbocycles. The molecule has 1 aliphatic rings. The average Bonchev–Trinajstić information content (AvgIpc) is 2.33. The zero-order valence-electron chi connectivity index (χ0n) is 11.0. The Morgan fingerprint density at radius 1 is 1.35 bits per heavy atom. The van der Waals surface area contributed by atoms with Gasteiger partial charge in [-0.1, -0.05) is 13.8 Å². The van der Waals surface area contributed by atoms with Crippen molar-refractivity contribution < 1.29 is 0 Å². The molecule has 2 unspecified atom stereocenters. The normalized spacial score (nSPS) is 24.8. The minimum Gasteiger partial charge on any atom is -0.369 e. The molecule has 1 aliphatic heterocycles. The molecule has 0 saturated carbocycles. The van der Waals surface area contributed by atoms with Gasteiger partial charge in [0.25, 0.3) is 0 Å². The molecule has 4 heteroatoms. The van der Waals surface area contributed by atoms with Crippen molar-refractivity contribution >= 4 is 11.6 Å². The molecule has 0 aliphatic carbocycles. The van der Waals surface area contributed by atoms with Gasteiger partial charge in [-0.15, -0.1) is 0 Å². The van der Waals surface area contributed by atoms with Crippen molar-refractivity contribution in [2.24, 2.45) is 11.8 Å². The van der Waals surface area contributed by atoms with Crippen LogP contribution >= 0.6 is 0 Å². The molecule has 1 aromatic rings.